The van der Waals surface area contributed by atoms with Gasteiger partial charge in [-0.05, 0) is 55.9 Å². The SMILES string of the molecule is Cc1ccc(NC(=O)c2noc(C)c2Cn2nc([N+](=O)[O-])cc2C)cc1C. The standard InChI is InChI=1S/C18H19N5O4/c1-10-5-6-14(7-11(10)2)19-18(24)17-15(13(4)27-21-17)9-22-12(3)8-16(20-22)23(25)26/h5-8H,9H2,1-4H3,(H,19,24). The Kier molecular flexibility index (Phi) is 4.76. The van der Waals surface area contributed by atoms with Gasteiger partial charge in [0.1, 0.15) is 5.76 Å². The zero-order valence-corrected chi connectivity index (χ0v) is 15.4. The molecule has 0 spiro atoms. The topological polar surface area (TPSA) is 116 Å². The molecule has 0 saturated heterocycles. The third-order valence-corrected chi connectivity index (χ3v) is 4.43. The number of benzene rings is 1. The van der Waals surface area contributed by atoms with Crippen LogP contribution < -0.4 is 5.32 Å². The average Bonchev–Trinajstić information content (AvgIpc) is 3.15. The maximum absolute atomic E-state index is 12.7. The summed E-state index contributed by atoms with van der Waals surface area (Å²) in [4.78, 5) is 23.0. The highest BCUT2D eigenvalue weighted by molar-refractivity contribution is 6.04. The highest BCUT2D eigenvalue weighted by atomic mass is 16.6. The summed E-state index contributed by atoms with van der Waals surface area (Å²) in [5.41, 5.74) is 4.09. The van der Waals surface area contributed by atoms with Crippen molar-refractivity contribution >= 4 is 17.4 Å². The fraction of sp³-hybridized carbons (Fsp3) is 0.278. The van der Waals surface area contributed by atoms with E-state index in [1.807, 2.05) is 32.0 Å². The first kappa shape index (κ1) is 18.3. The molecule has 1 aromatic carbocycles. The Labute approximate surface area is 155 Å². The van der Waals surface area contributed by atoms with E-state index in [-0.39, 0.29) is 18.1 Å². The van der Waals surface area contributed by atoms with E-state index < -0.39 is 10.8 Å². The summed E-state index contributed by atoms with van der Waals surface area (Å²) >= 11 is 0. The van der Waals surface area contributed by atoms with Gasteiger partial charge in [-0.25, -0.2) is 0 Å². The molecule has 9 heteroatoms. The molecular weight excluding hydrogens is 350 g/mol. The fourth-order valence-electron chi connectivity index (χ4n) is 2.66. The van der Waals surface area contributed by atoms with Gasteiger partial charge in [-0.2, -0.15) is 4.68 Å². The van der Waals surface area contributed by atoms with Gasteiger partial charge in [0, 0.05) is 5.69 Å². The lowest BCUT2D eigenvalue weighted by Gasteiger charge is -2.07. The number of nitro groups is 1. The van der Waals surface area contributed by atoms with Crippen molar-refractivity contribution in [1.82, 2.24) is 14.9 Å². The molecule has 9 nitrogen and oxygen atoms in total. The molecule has 0 fully saturated rings. The second-order valence-corrected chi connectivity index (χ2v) is 6.38. The molecule has 140 valence electrons. The average molecular weight is 369 g/mol. The van der Waals surface area contributed by atoms with Gasteiger partial charge in [0.25, 0.3) is 5.91 Å². The van der Waals surface area contributed by atoms with Crippen LogP contribution in [0.15, 0.2) is 28.8 Å². The fourth-order valence-corrected chi connectivity index (χ4v) is 2.66. The molecule has 0 saturated carbocycles. The summed E-state index contributed by atoms with van der Waals surface area (Å²) in [6, 6.07) is 6.98. The number of amides is 1. The van der Waals surface area contributed by atoms with Crippen molar-refractivity contribution in [2.45, 2.75) is 34.2 Å². The molecule has 0 aliphatic carbocycles. The number of aryl methyl sites for hydroxylation is 4. The molecule has 0 radical (unpaired) electrons. The van der Waals surface area contributed by atoms with E-state index in [9.17, 15) is 14.9 Å². The normalized spacial score (nSPS) is 10.8. The highest BCUT2D eigenvalue weighted by Gasteiger charge is 2.24. The number of aromatic nitrogens is 3. The summed E-state index contributed by atoms with van der Waals surface area (Å²) in [7, 11) is 0. The monoisotopic (exact) mass is 369 g/mol. The van der Waals surface area contributed by atoms with Crippen LogP contribution >= 0.6 is 0 Å². The Hall–Kier alpha value is -3.49. The number of rotatable bonds is 5. The smallest absolute Gasteiger partial charge is 0.361 e. The van der Waals surface area contributed by atoms with E-state index in [0.717, 1.165) is 11.1 Å². The minimum atomic E-state index is -0.558. The molecular formula is C18H19N5O4. The Morgan fingerprint density at radius 3 is 2.59 bits per heavy atom. The second-order valence-electron chi connectivity index (χ2n) is 6.38. The summed E-state index contributed by atoms with van der Waals surface area (Å²) in [5, 5.41) is 21.5. The molecule has 2 heterocycles. The number of carbonyl (C=O) groups excluding carboxylic acids is 1. The largest absolute Gasteiger partial charge is 0.390 e. The van der Waals surface area contributed by atoms with E-state index in [0.29, 0.717) is 22.7 Å². The molecule has 0 aliphatic rings. The van der Waals surface area contributed by atoms with Crippen molar-refractivity contribution in [3.05, 3.63) is 68.2 Å². The number of nitrogens with one attached hydrogen (secondary N) is 1. The van der Waals surface area contributed by atoms with Gasteiger partial charge in [0.05, 0.1) is 29.0 Å². The number of anilines is 1. The van der Waals surface area contributed by atoms with Crippen molar-refractivity contribution in [3.63, 3.8) is 0 Å². The Morgan fingerprint density at radius 2 is 1.96 bits per heavy atom. The number of carbonyl (C=O) groups is 1. The molecule has 3 aromatic rings. The minimum Gasteiger partial charge on any atom is -0.361 e. The molecule has 0 unspecified atom stereocenters. The lowest BCUT2D eigenvalue weighted by atomic mass is 10.1. The zero-order chi connectivity index (χ0) is 19.7. The Morgan fingerprint density at radius 1 is 1.22 bits per heavy atom. The van der Waals surface area contributed by atoms with Gasteiger partial charge in [-0.1, -0.05) is 11.2 Å². The van der Waals surface area contributed by atoms with E-state index in [4.69, 9.17) is 4.52 Å². The van der Waals surface area contributed by atoms with Crippen LogP contribution in [0.5, 0.6) is 0 Å². The quantitative estimate of drug-likeness (QED) is 0.545. The van der Waals surface area contributed by atoms with Crippen LogP contribution in [0, 0.1) is 37.8 Å². The Balaban J connectivity index is 1.86. The molecule has 3 rings (SSSR count). The van der Waals surface area contributed by atoms with E-state index in [1.54, 1.807) is 13.8 Å². The number of nitrogens with zero attached hydrogens (tertiary/aromatic N) is 4. The predicted octanol–water partition coefficient (Wildman–Crippen LogP) is 3.31. The summed E-state index contributed by atoms with van der Waals surface area (Å²) < 4.78 is 6.63. The molecule has 27 heavy (non-hydrogen) atoms. The van der Waals surface area contributed by atoms with Crippen molar-refractivity contribution in [2.75, 3.05) is 5.32 Å². The maximum Gasteiger partial charge on any atom is 0.390 e. The maximum atomic E-state index is 12.7. The first-order valence-corrected chi connectivity index (χ1v) is 8.29. The summed E-state index contributed by atoms with van der Waals surface area (Å²) in [5.74, 6) is -0.204. The Bertz CT molecular complexity index is 1030. The summed E-state index contributed by atoms with van der Waals surface area (Å²) in [6.07, 6.45) is 0. The van der Waals surface area contributed by atoms with E-state index >= 15 is 0 Å². The zero-order valence-electron chi connectivity index (χ0n) is 15.4. The molecule has 1 amide bonds. The van der Waals surface area contributed by atoms with Crippen molar-refractivity contribution in [2.24, 2.45) is 0 Å². The lowest BCUT2D eigenvalue weighted by Crippen LogP contribution is -2.16. The molecule has 1 N–H and O–H groups in total. The third-order valence-electron chi connectivity index (χ3n) is 4.43. The van der Waals surface area contributed by atoms with Crippen LogP contribution in [-0.4, -0.2) is 25.8 Å². The molecule has 2 aromatic heterocycles. The third kappa shape index (κ3) is 3.71. The van der Waals surface area contributed by atoms with Crippen molar-refractivity contribution in [1.29, 1.82) is 0 Å². The molecule has 0 aliphatic heterocycles. The van der Waals surface area contributed by atoms with Gasteiger partial charge in [0.2, 0.25) is 0 Å². The van der Waals surface area contributed by atoms with Crippen LogP contribution in [0.3, 0.4) is 0 Å². The van der Waals surface area contributed by atoms with Gasteiger partial charge in [-0.15, -0.1) is 0 Å². The second kappa shape index (κ2) is 7.02. The minimum absolute atomic E-state index is 0.128. The lowest BCUT2D eigenvalue weighted by molar-refractivity contribution is -0.389. The van der Waals surface area contributed by atoms with Crippen LogP contribution in [0.25, 0.3) is 0 Å². The first-order chi connectivity index (χ1) is 12.8. The summed E-state index contributed by atoms with van der Waals surface area (Å²) in [6.45, 7) is 7.49. The highest BCUT2D eigenvalue weighted by Crippen LogP contribution is 2.20. The molecule has 0 atom stereocenters. The van der Waals surface area contributed by atoms with Crippen molar-refractivity contribution < 1.29 is 14.2 Å². The van der Waals surface area contributed by atoms with Crippen LogP contribution in [0.2, 0.25) is 0 Å². The van der Waals surface area contributed by atoms with Crippen LogP contribution in [-0.2, 0) is 6.54 Å². The first-order valence-electron chi connectivity index (χ1n) is 8.29. The van der Waals surface area contributed by atoms with E-state index in [2.05, 4.69) is 15.6 Å². The number of hydrogen-bond donors (Lipinski definition) is 1. The molecule has 0 bridgehead atoms. The van der Waals surface area contributed by atoms with Gasteiger partial charge in [-0.3, -0.25) is 4.79 Å². The van der Waals surface area contributed by atoms with Crippen molar-refractivity contribution in [3.8, 4) is 0 Å². The van der Waals surface area contributed by atoms with Gasteiger partial charge < -0.3 is 20.0 Å². The van der Waals surface area contributed by atoms with E-state index in [1.165, 1.54) is 10.7 Å². The number of hydrogen-bond acceptors (Lipinski definition) is 6. The predicted molar refractivity (Wildman–Crippen MR) is 97.8 cm³/mol. The van der Waals surface area contributed by atoms with Crippen LogP contribution in [0.1, 0.15) is 38.6 Å². The van der Waals surface area contributed by atoms with Gasteiger partial charge in [0.15, 0.2) is 5.69 Å². The van der Waals surface area contributed by atoms with Crippen LogP contribution in [0.4, 0.5) is 11.5 Å². The van der Waals surface area contributed by atoms with Gasteiger partial charge >= 0.3 is 5.82 Å².